The molecule has 0 aliphatic rings. The number of tetrazole rings is 1. The number of nitrogens with zero attached hydrogens (tertiary/aromatic N) is 5. The van der Waals surface area contributed by atoms with E-state index in [-0.39, 0.29) is 0 Å². The first-order chi connectivity index (χ1) is 10.3. The highest BCUT2D eigenvalue weighted by molar-refractivity contribution is 5.54. The van der Waals surface area contributed by atoms with E-state index < -0.39 is 0 Å². The number of benzene rings is 2. The number of hydrogen-bond acceptors (Lipinski definition) is 4. The van der Waals surface area contributed by atoms with Crippen LogP contribution in [0.15, 0.2) is 66.9 Å². The summed E-state index contributed by atoms with van der Waals surface area (Å²) in [6, 6.07) is 19.9. The average Bonchev–Trinajstić information content (AvgIpc) is 3.03. The molecule has 0 bridgehead atoms. The van der Waals surface area contributed by atoms with Gasteiger partial charge in [0.05, 0.1) is 5.69 Å². The van der Waals surface area contributed by atoms with Gasteiger partial charge in [-0.1, -0.05) is 36.4 Å². The number of aromatic nitrogens is 4. The molecule has 1 aromatic heterocycles. The molecule has 0 aliphatic carbocycles. The zero-order valence-corrected chi connectivity index (χ0v) is 11.7. The SMILES string of the molecule is CN(C=Cc1nnnn1-c1ccccc1)c1ccccc1. The summed E-state index contributed by atoms with van der Waals surface area (Å²) in [6.07, 6.45) is 3.83. The minimum atomic E-state index is 0.684. The highest BCUT2D eigenvalue weighted by Crippen LogP contribution is 2.13. The van der Waals surface area contributed by atoms with Gasteiger partial charge in [-0.25, -0.2) is 0 Å². The Kier molecular flexibility index (Phi) is 3.73. The van der Waals surface area contributed by atoms with E-state index in [0.29, 0.717) is 5.82 Å². The predicted octanol–water partition coefficient (Wildman–Crippen LogP) is 2.77. The maximum atomic E-state index is 4.05. The van der Waals surface area contributed by atoms with Crippen molar-refractivity contribution in [1.82, 2.24) is 20.2 Å². The lowest BCUT2D eigenvalue weighted by molar-refractivity contribution is 0.786. The van der Waals surface area contributed by atoms with Crippen molar-refractivity contribution in [3.63, 3.8) is 0 Å². The molecule has 0 radical (unpaired) electrons. The molecule has 3 aromatic rings. The van der Waals surface area contributed by atoms with Crippen LogP contribution in [0.2, 0.25) is 0 Å². The van der Waals surface area contributed by atoms with E-state index in [2.05, 4.69) is 15.5 Å². The molecule has 1 heterocycles. The van der Waals surface area contributed by atoms with E-state index in [0.717, 1.165) is 11.4 Å². The van der Waals surface area contributed by atoms with Gasteiger partial charge in [-0.05, 0) is 34.7 Å². The van der Waals surface area contributed by atoms with Gasteiger partial charge in [0.1, 0.15) is 0 Å². The monoisotopic (exact) mass is 277 g/mol. The molecule has 104 valence electrons. The van der Waals surface area contributed by atoms with Gasteiger partial charge in [0.15, 0.2) is 5.82 Å². The fraction of sp³-hybridized carbons (Fsp3) is 0.0625. The molecule has 21 heavy (non-hydrogen) atoms. The van der Waals surface area contributed by atoms with E-state index >= 15 is 0 Å². The molecule has 0 unspecified atom stereocenters. The van der Waals surface area contributed by atoms with Gasteiger partial charge < -0.3 is 4.90 Å². The van der Waals surface area contributed by atoms with Gasteiger partial charge >= 0.3 is 0 Å². The molecule has 3 rings (SSSR count). The average molecular weight is 277 g/mol. The maximum Gasteiger partial charge on any atom is 0.181 e. The molecule has 0 saturated carbocycles. The lowest BCUT2D eigenvalue weighted by Crippen LogP contribution is -2.07. The highest BCUT2D eigenvalue weighted by Gasteiger charge is 2.04. The predicted molar refractivity (Wildman–Crippen MR) is 83.0 cm³/mol. The van der Waals surface area contributed by atoms with Crippen LogP contribution in [-0.2, 0) is 0 Å². The Morgan fingerprint density at radius 3 is 2.33 bits per heavy atom. The first-order valence-electron chi connectivity index (χ1n) is 6.64. The van der Waals surface area contributed by atoms with Gasteiger partial charge in [-0.15, -0.1) is 5.10 Å². The molecule has 0 atom stereocenters. The van der Waals surface area contributed by atoms with E-state index in [1.807, 2.05) is 84.9 Å². The van der Waals surface area contributed by atoms with Gasteiger partial charge in [-0.2, -0.15) is 4.68 Å². The van der Waals surface area contributed by atoms with Crippen LogP contribution >= 0.6 is 0 Å². The third-order valence-electron chi connectivity index (χ3n) is 3.11. The summed E-state index contributed by atoms with van der Waals surface area (Å²) in [5.74, 6) is 0.684. The van der Waals surface area contributed by atoms with Crippen molar-refractivity contribution < 1.29 is 0 Å². The molecule has 2 aromatic carbocycles. The minimum Gasteiger partial charge on any atom is -0.351 e. The summed E-state index contributed by atoms with van der Waals surface area (Å²) in [4.78, 5) is 2.02. The Bertz CT molecular complexity index is 719. The largest absolute Gasteiger partial charge is 0.351 e. The van der Waals surface area contributed by atoms with Crippen molar-refractivity contribution in [1.29, 1.82) is 0 Å². The molecular weight excluding hydrogens is 262 g/mol. The van der Waals surface area contributed by atoms with Crippen LogP contribution < -0.4 is 4.90 Å². The quantitative estimate of drug-likeness (QED) is 0.735. The van der Waals surface area contributed by atoms with Crippen LogP contribution in [0, 0.1) is 0 Å². The van der Waals surface area contributed by atoms with E-state index in [1.165, 1.54) is 0 Å². The standard InChI is InChI=1S/C16H15N5/c1-20(14-8-4-2-5-9-14)13-12-16-17-18-19-21(16)15-10-6-3-7-11-15/h2-13H,1H3. The zero-order valence-electron chi connectivity index (χ0n) is 11.7. The molecule has 0 aliphatic heterocycles. The van der Waals surface area contributed by atoms with E-state index in [1.54, 1.807) is 4.68 Å². The van der Waals surface area contributed by atoms with Crippen molar-refractivity contribution in [3.05, 3.63) is 72.7 Å². The summed E-state index contributed by atoms with van der Waals surface area (Å²) < 4.78 is 1.70. The highest BCUT2D eigenvalue weighted by atomic mass is 15.5. The van der Waals surface area contributed by atoms with Crippen LogP contribution in [0.1, 0.15) is 5.82 Å². The van der Waals surface area contributed by atoms with Gasteiger partial charge in [-0.3, -0.25) is 0 Å². The first-order valence-corrected chi connectivity index (χ1v) is 6.64. The van der Waals surface area contributed by atoms with Crippen LogP contribution in [0.4, 0.5) is 5.69 Å². The van der Waals surface area contributed by atoms with Crippen LogP contribution in [0.3, 0.4) is 0 Å². The Labute approximate surface area is 123 Å². The summed E-state index contributed by atoms with van der Waals surface area (Å²) in [5, 5.41) is 11.8. The summed E-state index contributed by atoms with van der Waals surface area (Å²) in [5.41, 5.74) is 2.04. The lowest BCUT2D eigenvalue weighted by Gasteiger charge is -2.13. The first kappa shape index (κ1) is 13.1. The number of para-hydroxylation sites is 2. The zero-order chi connectivity index (χ0) is 14.5. The topological polar surface area (TPSA) is 46.8 Å². The Hall–Kier alpha value is -2.95. The number of anilines is 1. The fourth-order valence-corrected chi connectivity index (χ4v) is 1.98. The summed E-state index contributed by atoms with van der Waals surface area (Å²) in [7, 11) is 1.99. The van der Waals surface area contributed by atoms with Crippen molar-refractivity contribution >= 4 is 11.8 Å². The number of rotatable bonds is 4. The fourth-order valence-electron chi connectivity index (χ4n) is 1.98. The smallest absolute Gasteiger partial charge is 0.181 e. The van der Waals surface area contributed by atoms with E-state index in [9.17, 15) is 0 Å². The second-order valence-electron chi connectivity index (χ2n) is 4.55. The van der Waals surface area contributed by atoms with Gasteiger partial charge in [0, 0.05) is 25.0 Å². The summed E-state index contributed by atoms with van der Waals surface area (Å²) >= 11 is 0. The maximum absolute atomic E-state index is 4.05. The molecule has 0 spiro atoms. The van der Waals surface area contributed by atoms with Crippen molar-refractivity contribution in [2.24, 2.45) is 0 Å². The Balaban J connectivity index is 1.83. The second-order valence-corrected chi connectivity index (χ2v) is 4.55. The molecule has 0 saturated heterocycles. The molecule has 5 heteroatoms. The normalized spacial score (nSPS) is 10.9. The molecular formula is C16H15N5. The van der Waals surface area contributed by atoms with E-state index in [4.69, 9.17) is 0 Å². The summed E-state index contributed by atoms with van der Waals surface area (Å²) in [6.45, 7) is 0. The Morgan fingerprint density at radius 2 is 1.62 bits per heavy atom. The third-order valence-corrected chi connectivity index (χ3v) is 3.11. The number of hydrogen-bond donors (Lipinski definition) is 0. The van der Waals surface area contributed by atoms with Crippen molar-refractivity contribution in [2.75, 3.05) is 11.9 Å². The van der Waals surface area contributed by atoms with Crippen LogP contribution in [-0.4, -0.2) is 27.3 Å². The van der Waals surface area contributed by atoms with Crippen molar-refractivity contribution in [2.45, 2.75) is 0 Å². The second kappa shape index (κ2) is 6.00. The van der Waals surface area contributed by atoms with Crippen LogP contribution in [0.5, 0.6) is 0 Å². The molecule has 5 nitrogen and oxygen atoms in total. The minimum absolute atomic E-state index is 0.684. The van der Waals surface area contributed by atoms with Gasteiger partial charge in [0.25, 0.3) is 0 Å². The Morgan fingerprint density at radius 1 is 0.952 bits per heavy atom. The molecule has 0 fully saturated rings. The molecule has 0 amide bonds. The third kappa shape index (κ3) is 2.97. The lowest BCUT2D eigenvalue weighted by atomic mass is 10.3. The van der Waals surface area contributed by atoms with Crippen molar-refractivity contribution in [3.8, 4) is 5.69 Å². The van der Waals surface area contributed by atoms with Crippen LogP contribution in [0.25, 0.3) is 11.8 Å². The molecule has 0 N–H and O–H groups in total. The van der Waals surface area contributed by atoms with Gasteiger partial charge in [0.2, 0.25) is 0 Å².